The van der Waals surface area contributed by atoms with Crippen LogP contribution in [0.5, 0.6) is 0 Å². The number of hydrogen-bond donors (Lipinski definition) is 0. The van der Waals surface area contributed by atoms with Gasteiger partial charge in [0, 0.05) is 45.0 Å². The minimum absolute atomic E-state index is 0.0511. The third-order valence-electron chi connectivity index (χ3n) is 22.4. The van der Waals surface area contributed by atoms with Crippen molar-refractivity contribution < 1.29 is 13.7 Å². The van der Waals surface area contributed by atoms with Crippen LogP contribution in [-0.4, -0.2) is 6.71 Å². The van der Waals surface area contributed by atoms with E-state index in [-0.39, 0.29) is 46.1 Å². The van der Waals surface area contributed by atoms with Crippen LogP contribution in [0, 0.1) is 0 Å². The molecule has 16 aromatic carbocycles. The summed E-state index contributed by atoms with van der Waals surface area (Å²) in [4.78, 5) is 4.86. The number of benzene rings is 16. The molecular weight excluding hydrogens is 1300 g/mol. The van der Waals surface area contributed by atoms with E-state index in [9.17, 15) is 11.0 Å². The number of anilines is 6. The smallest absolute Gasteiger partial charge is 0.252 e. The van der Waals surface area contributed by atoms with Gasteiger partial charge in [0.05, 0.1) is 30.5 Å². The van der Waals surface area contributed by atoms with Gasteiger partial charge in [-0.2, -0.15) is 0 Å². The fourth-order valence-electron chi connectivity index (χ4n) is 17.4. The second-order valence-corrected chi connectivity index (χ2v) is 30.7. The fraction of sp³-hybridized carbons (Fsp3) is 0.0857. The zero-order valence-corrected chi connectivity index (χ0v) is 61.1. The van der Waals surface area contributed by atoms with Crippen LogP contribution in [0.15, 0.2) is 382 Å². The van der Waals surface area contributed by atoms with Gasteiger partial charge < -0.3 is 9.80 Å². The first-order valence-electron chi connectivity index (χ1n) is 42.3. The summed E-state index contributed by atoms with van der Waals surface area (Å²) in [7, 11) is 0. The Bertz CT molecular complexity index is 6300. The Hall–Kier alpha value is -12.8. The van der Waals surface area contributed by atoms with Crippen LogP contribution in [0.1, 0.15) is 88.6 Å². The van der Waals surface area contributed by atoms with Crippen LogP contribution in [0.4, 0.5) is 34.1 Å². The minimum atomic E-state index is -1.00. The third-order valence-corrected chi connectivity index (χ3v) is 22.4. The maximum Gasteiger partial charge on any atom is 0.252 e. The monoisotopic (exact) mass is 1390 g/mol. The summed E-state index contributed by atoms with van der Waals surface area (Å²) in [5, 5.41) is 0. The number of fused-ring (bicyclic) bond motifs is 7. The lowest BCUT2D eigenvalue weighted by atomic mass is 9.33. The average molecular weight is 1390 g/mol. The Morgan fingerprint density at radius 3 is 1.01 bits per heavy atom. The Kier molecular flexibility index (Phi) is 13.6. The van der Waals surface area contributed by atoms with Crippen molar-refractivity contribution in [1.29, 1.82) is 0 Å². The van der Waals surface area contributed by atoms with Crippen LogP contribution in [-0.2, 0) is 16.2 Å². The van der Waals surface area contributed by atoms with Crippen molar-refractivity contribution in [2.24, 2.45) is 0 Å². The lowest BCUT2D eigenvalue weighted by molar-refractivity contribution is 0.590. The highest BCUT2D eigenvalue weighted by atomic mass is 15.2. The standard InChI is InChI=1S/C105H81BN2/c1-103(2,3)81-66-87(73-42-21-10-22-43-73)101(88(67-81)74-44-23-11-24-45-74)107-95-62-77(70-36-15-7-16-37-70)58-60-93(95)106-94-61-59-78(71-38-17-8-18-39-71)63-96(94)108(102-89(75-46-25-12-26-47-75)68-82(104(4,5)6)69-90(102)76-48-27-13-28-49-76)98-65-79(64-97(107)100(98)106)84-54-35-55-86-85-53-32-34-57-92(85)105(99(84)86,80-50-29-14-30-51-80)91-56-33-31-52-83(91)72-40-19-9-20-41-72/h7-69H,1-6H3/i7D,8D,15D,16D,17D,18D,36D,37D,38D,39D. The number of hydrogen-bond acceptors (Lipinski definition) is 2. The molecule has 514 valence electrons. The van der Waals surface area contributed by atoms with Crippen molar-refractivity contribution in [1.82, 2.24) is 0 Å². The maximum absolute atomic E-state index is 9.80. The fourth-order valence-corrected chi connectivity index (χ4v) is 17.4. The maximum atomic E-state index is 9.80. The van der Waals surface area contributed by atoms with E-state index < -0.39 is 48.4 Å². The molecule has 16 aromatic rings. The molecule has 2 aliphatic heterocycles. The molecule has 0 spiro atoms. The van der Waals surface area contributed by atoms with E-state index in [2.05, 4.69) is 324 Å². The summed E-state index contributed by atoms with van der Waals surface area (Å²) in [6.45, 7) is 12.8. The van der Waals surface area contributed by atoms with Crippen LogP contribution in [0.25, 0.3) is 100 Å². The molecule has 0 saturated carbocycles. The van der Waals surface area contributed by atoms with Gasteiger partial charge in [0.2, 0.25) is 0 Å². The van der Waals surface area contributed by atoms with Crippen LogP contribution in [0.2, 0.25) is 0 Å². The van der Waals surface area contributed by atoms with E-state index >= 15 is 0 Å². The molecule has 2 nitrogen and oxygen atoms in total. The molecule has 0 radical (unpaired) electrons. The second kappa shape index (κ2) is 26.3. The first-order chi connectivity index (χ1) is 57.0. The van der Waals surface area contributed by atoms with Gasteiger partial charge in [-0.1, -0.05) is 375 Å². The van der Waals surface area contributed by atoms with Crippen molar-refractivity contribution in [2.75, 3.05) is 9.80 Å². The van der Waals surface area contributed by atoms with E-state index in [0.717, 1.165) is 150 Å². The first kappa shape index (κ1) is 55.6. The molecule has 0 saturated heterocycles. The molecule has 1 aliphatic carbocycles. The van der Waals surface area contributed by atoms with Gasteiger partial charge in [0.15, 0.2) is 0 Å². The van der Waals surface area contributed by atoms with E-state index in [1.165, 1.54) is 0 Å². The van der Waals surface area contributed by atoms with Gasteiger partial charge in [0.1, 0.15) is 0 Å². The molecule has 1 atom stereocenters. The SMILES string of the molecule is [2H]c1c([2H])c([2H])c(-c2ccc3c(c2)N(c2c(-c4ccccc4)cc(C(C)(C)C)cc2-c2ccccc2)c2cc(-c4cccc5c4C(c4ccccc4)(c4ccccc4-c4ccccc4)c4ccccc4-5)cc4c2B3c2ccc(-c3c([2H])c([2H])c([2H])c([2H])c3[2H])cc2N4c2c(-c3ccccc3)cc(C(C)(C)C)cc2-c2ccccc2)c([2H])c1[2H]. The zero-order valence-electron chi connectivity index (χ0n) is 71.1. The van der Waals surface area contributed by atoms with E-state index in [1.54, 1.807) is 0 Å². The quantitative estimate of drug-likeness (QED) is 0.113. The number of nitrogens with zero attached hydrogens (tertiary/aromatic N) is 2. The molecule has 108 heavy (non-hydrogen) atoms. The second-order valence-electron chi connectivity index (χ2n) is 30.7. The van der Waals surface area contributed by atoms with Gasteiger partial charge in [-0.05, 0) is 187 Å². The van der Waals surface area contributed by atoms with Crippen LogP contribution < -0.4 is 26.2 Å². The Morgan fingerprint density at radius 2 is 0.602 bits per heavy atom. The first-order valence-corrected chi connectivity index (χ1v) is 37.3. The predicted molar refractivity (Wildman–Crippen MR) is 459 cm³/mol. The molecule has 1 unspecified atom stereocenters. The van der Waals surface area contributed by atoms with Crippen molar-refractivity contribution in [3.8, 4) is 100 Å². The molecule has 0 N–H and O–H groups in total. The van der Waals surface area contributed by atoms with Crippen LogP contribution >= 0.6 is 0 Å². The third kappa shape index (κ3) is 10.9. The van der Waals surface area contributed by atoms with E-state index in [1.807, 2.05) is 48.5 Å². The topological polar surface area (TPSA) is 6.48 Å². The summed E-state index contributed by atoms with van der Waals surface area (Å²) < 4.78 is 94.1. The summed E-state index contributed by atoms with van der Waals surface area (Å²) in [6.07, 6.45) is 0. The molecular formula is C105H81BN2. The molecule has 3 heteroatoms. The predicted octanol–water partition coefficient (Wildman–Crippen LogP) is 26.1. The summed E-state index contributed by atoms with van der Waals surface area (Å²) in [5.74, 6) is 0. The normalized spacial score (nSPS) is 15.3. The summed E-state index contributed by atoms with van der Waals surface area (Å²) >= 11 is 0. The van der Waals surface area contributed by atoms with Crippen molar-refractivity contribution >= 4 is 57.2 Å². The molecule has 19 rings (SSSR count). The van der Waals surface area contributed by atoms with Gasteiger partial charge in [-0.25, -0.2) is 0 Å². The number of rotatable bonds is 12. The van der Waals surface area contributed by atoms with Gasteiger partial charge in [-0.3, -0.25) is 0 Å². The highest BCUT2D eigenvalue weighted by Gasteiger charge is 2.51. The highest BCUT2D eigenvalue weighted by molar-refractivity contribution is 7.00. The Morgan fingerprint density at radius 1 is 0.269 bits per heavy atom. The molecule has 2 heterocycles. The average Bonchev–Trinajstić information content (AvgIpc) is 1.13. The van der Waals surface area contributed by atoms with Crippen molar-refractivity contribution in [3.63, 3.8) is 0 Å². The van der Waals surface area contributed by atoms with Gasteiger partial charge in [-0.15, -0.1) is 0 Å². The lowest BCUT2D eigenvalue weighted by Crippen LogP contribution is -2.61. The summed E-state index contributed by atoms with van der Waals surface area (Å²) in [5.41, 5.74) is 26.5. The Balaban J connectivity index is 1.06. The molecule has 0 bridgehead atoms. The van der Waals surface area contributed by atoms with Crippen molar-refractivity contribution in [2.45, 2.75) is 57.8 Å². The highest BCUT2D eigenvalue weighted by Crippen LogP contribution is 2.62. The van der Waals surface area contributed by atoms with E-state index in [0.29, 0.717) is 22.5 Å². The van der Waals surface area contributed by atoms with Crippen molar-refractivity contribution in [3.05, 3.63) is 415 Å². The molecule has 0 fully saturated rings. The van der Waals surface area contributed by atoms with E-state index in [4.69, 9.17) is 2.74 Å². The molecule has 3 aliphatic rings. The molecule has 0 aromatic heterocycles. The zero-order chi connectivity index (χ0) is 81.5. The van der Waals surface area contributed by atoms with Gasteiger partial charge >= 0.3 is 0 Å². The molecule has 0 amide bonds. The van der Waals surface area contributed by atoms with Gasteiger partial charge in [0.25, 0.3) is 6.71 Å². The Labute approximate surface area is 650 Å². The minimum Gasteiger partial charge on any atom is -0.310 e. The van der Waals surface area contributed by atoms with Crippen LogP contribution in [0.3, 0.4) is 0 Å². The lowest BCUT2D eigenvalue weighted by Gasteiger charge is -2.46. The summed E-state index contributed by atoms with van der Waals surface area (Å²) in [6, 6.07) is 110. The largest absolute Gasteiger partial charge is 0.310 e.